The average Bonchev–Trinajstić information content (AvgIpc) is 2.85. The maximum atomic E-state index is 13.6. The first-order chi connectivity index (χ1) is 17.0. The molecule has 0 aliphatic carbocycles. The largest absolute Gasteiger partial charge is 0.486 e. The summed E-state index contributed by atoms with van der Waals surface area (Å²) in [6.45, 7) is 5.69. The first kappa shape index (κ1) is 27.6. The quantitative estimate of drug-likeness (QED) is 0.499. The molecule has 2 atom stereocenters. The molecule has 0 unspecified atom stereocenters. The highest BCUT2D eigenvalue weighted by molar-refractivity contribution is 7.92. The van der Waals surface area contributed by atoms with Gasteiger partial charge in [0.15, 0.2) is 11.5 Å². The Kier molecular flexibility index (Phi) is 9.08. The van der Waals surface area contributed by atoms with Gasteiger partial charge in [0, 0.05) is 23.7 Å². The lowest BCUT2D eigenvalue weighted by atomic mass is 10.1. The smallest absolute Gasteiger partial charge is 0.244 e. The summed E-state index contributed by atoms with van der Waals surface area (Å²) in [5.74, 6) is 0.00607. The maximum Gasteiger partial charge on any atom is 0.244 e. The molecule has 36 heavy (non-hydrogen) atoms. The van der Waals surface area contributed by atoms with Crippen LogP contribution in [-0.4, -0.2) is 63.2 Å². The van der Waals surface area contributed by atoms with Gasteiger partial charge in [-0.25, -0.2) is 8.42 Å². The Morgan fingerprint density at radius 3 is 2.39 bits per heavy atom. The number of anilines is 1. The maximum absolute atomic E-state index is 13.6. The molecule has 1 aliphatic rings. The van der Waals surface area contributed by atoms with Crippen LogP contribution in [0.25, 0.3) is 0 Å². The lowest BCUT2D eigenvalue weighted by Crippen LogP contribution is -2.52. The molecule has 0 spiro atoms. The lowest BCUT2D eigenvalue weighted by Gasteiger charge is -2.32. The van der Waals surface area contributed by atoms with E-state index >= 15 is 0 Å². The Bertz CT molecular complexity index is 1210. The summed E-state index contributed by atoms with van der Waals surface area (Å²) < 4.78 is 37.6. The second kappa shape index (κ2) is 11.8. The van der Waals surface area contributed by atoms with Crippen molar-refractivity contribution in [2.45, 2.75) is 45.8 Å². The van der Waals surface area contributed by atoms with Gasteiger partial charge in [0.2, 0.25) is 21.8 Å². The van der Waals surface area contributed by atoms with E-state index in [2.05, 4.69) is 5.32 Å². The summed E-state index contributed by atoms with van der Waals surface area (Å²) in [5.41, 5.74) is 0.894. The van der Waals surface area contributed by atoms with E-state index in [9.17, 15) is 18.0 Å². The molecule has 0 saturated heterocycles. The highest BCUT2D eigenvalue weighted by Crippen LogP contribution is 2.34. The zero-order chi connectivity index (χ0) is 26.5. The van der Waals surface area contributed by atoms with Gasteiger partial charge in [-0.3, -0.25) is 13.9 Å². The van der Waals surface area contributed by atoms with E-state index in [0.29, 0.717) is 35.3 Å². The molecule has 3 rings (SSSR count). The fourth-order valence-corrected chi connectivity index (χ4v) is 4.70. The number of hydrogen-bond donors (Lipinski definition) is 1. The molecule has 1 heterocycles. The molecule has 2 aromatic carbocycles. The number of sulfonamides is 1. The zero-order valence-electron chi connectivity index (χ0n) is 20.9. The van der Waals surface area contributed by atoms with Crippen LogP contribution in [0.5, 0.6) is 11.5 Å². The van der Waals surface area contributed by atoms with Crippen LogP contribution in [0.4, 0.5) is 5.69 Å². The monoisotopic (exact) mass is 537 g/mol. The Morgan fingerprint density at radius 2 is 1.75 bits per heavy atom. The van der Waals surface area contributed by atoms with Gasteiger partial charge in [-0.05, 0) is 44.0 Å². The van der Waals surface area contributed by atoms with Crippen molar-refractivity contribution < 1.29 is 27.5 Å². The minimum absolute atomic E-state index is 0.0341. The highest BCUT2D eigenvalue weighted by atomic mass is 35.5. The van der Waals surface area contributed by atoms with Crippen molar-refractivity contribution in [3.8, 4) is 11.5 Å². The normalized spacial score (nSPS) is 14.5. The molecular weight excluding hydrogens is 506 g/mol. The van der Waals surface area contributed by atoms with E-state index in [-0.39, 0.29) is 24.2 Å². The third-order valence-corrected chi connectivity index (χ3v) is 7.47. The lowest BCUT2D eigenvalue weighted by molar-refractivity contribution is -0.139. The Balaban J connectivity index is 1.92. The van der Waals surface area contributed by atoms with E-state index < -0.39 is 28.5 Å². The van der Waals surface area contributed by atoms with Crippen molar-refractivity contribution in [3.05, 3.63) is 53.1 Å². The Labute approximate surface area is 217 Å². The SMILES string of the molecule is CC[C@H](C)NC(=O)[C@H](C)N(Cc1ccccc1Cl)C(=O)CN(c1ccc2c(c1)OCCO2)S(C)(=O)=O. The second-order valence-corrected chi connectivity index (χ2v) is 11.0. The van der Waals surface area contributed by atoms with Crippen molar-refractivity contribution in [2.75, 3.05) is 30.3 Å². The third kappa shape index (κ3) is 6.82. The van der Waals surface area contributed by atoms with Gasteiger partial charge in [-0.1, -0.05) is 36.7 Å². The average molecular weight is 538 g/mol. The molecule has 11 heteroatoms. The van der Waals surface area contributed by atoms with E-state index in [1.165, 1.54) is 11.0 Å². The van der Waals surface area contributed by atoms with Crippen molar-refractivity contribution >= 4 is 39.1 Å². The Morgan fingerprint density at radius 1 is 1.08 bits per heavy atom. The second-order valence-electron chi connectivity index (χ2n) is 8.70. The number of ether oxygens (including phenoxy) is 2. The van der Waals surface area contributed by atoms with Crippen molar-refractivity contribution in [1.29, 1.82) is 0 Å². The zero-order valence-corrected chi connectivity index (χ0v) is 22.4. The third-order valence-electron chi connectivity index (χ3n) is 5.96. The fraction of sp³-hybridized carbons (Fsp3) is 0.440. The summed E-state index contributed by atoms with van der Waals surface area (Å²) in [7, 11) is -3.86. The van der Waals surface area contributed by atoms with Crippen molar-refractivity contribution in [3.63, 3.8) is 0 Å². The molecule has 196 valence electrons. The summed E-state index contributed by atoms with van der Waals surface area (Å²) in [5, 5.41) is 3.33. The van der Waals surface area contributed by atoms with Crippen LogP contribution >= 0.6 is 11.6 Å². The minimum Gasteiger partial charge on any atom is -0.486 e. The van der Waals surface area contributed by atoms with E-state index in [0.717, 1.165) is 17.0 Å². The van der Waals surface area contributed by atoms with Crippen LogP contribution in [0.2, 0.25) is 5.02 Å². The first-order valence-corrected chi connectivity index (χ1v) is 13.9. The summed E-state index contributed by atoms with van der Waals surface area (Å²) in [4.78, 5) is 27.9. The van der Waals surface area contributed by atoms with Gasteiger partial charge in [0.25, 0.3) is 0 Å². The molecule has 0 bridgehead atoms. The van der Waals surface area contributed by atoms with Crippen LogP contribution in [0.15, 0.2) is 42.5 Å². The molecule has 1 N–H and O–H groups in total. The topological polar surface area (TPSA) is 105 Å². The van der Waals surface area contributed by atoms with Crippen molar-refractivity contribution in [2.24, 2.45) is 0 Å². The van der Waals surface area contributed by atoms with Gasteiger partial charge in [-0.15, -0.1) is 0 Å². The predicted molar refractivity (Wildman–Crippen MR) is 139 cm³/mol. The Hall–Kier alpha value is -2.98. The summed E-state index contributed by atoms with van der Waals surface area (Å²) in [6, 6.07) is 10.7. The number of nitrogens with zero attached hydrogens (tertiary/aromatic N) is 2. The van der Waals surface area contributed by atoms with Gasteiger partial charge in [0.05, 0.1) is 11.9 Å². The van der Waals surface area contributed by atoms with E-state index in [4.69, 9.17) is 21.1 Å². The van der Waals surface area contributed by atoms with Crippen LogP contribution < -0.4 is 19.1 Å². The standard InChI is InChI=1S/C25H32ClN3O6S/c1-5-17(2)27-25(31)18(3)28(15-19-8-6-7-9-21(19)26)24(30)16-29(36(4,32)33)20-10-11-22-23(14-20)35-13-12-34-22/h6-11,14,17-18H,5,12-13,15-16H2,1-4H3,(H,27,31)/t17-,18-/m0/s1. The molecule has 1 aliphatic heterocycles. The molecule has 2 aromatic rings. The number of nitrogens with one attached hydrogen (secondary N) is 1. The predicted octanol–water partition coefficient (Wildman–Crippen LogP) is 3.21. The highest BCUT2D eigenvalue weighted by Gasteiger charge is 2.31. The molecule has 9 nitrogen and oxygen atoms in total. The van der Waals surface area contributed by atoms with Crippen LogP contribution in [0.1, 0.15) is 32.8 Å². The van der Waals surface area contributed by atoms with Gasteiger partial charge >= 0.3 is 0 Å². The number of amides is 2. The molecular formula is C25H32ClN3O6S. The number of benzene rings is 2. The van der Waals surface area contributed by atoms with Gasteiger partial charge in [-0.2, -0.15) is 0 Å². The number of carbonyl (C=O) groups is 2. The number of halogens is 1. The van der Waals surface area contributed by atoms with E-state index in [1.807, 2.05) is 13.8 Å². The fourth-order valence-electron chi connectivity index (χ4n) is 3.66. The number of carbonyl (C=O) groups excluding carboxylic acids is 2. The van der Waals surface area contributed by atoms with Crippen LogP contribution in [0.3, 0.4) is 0 Å². The molecule has 0 saturated carbocycles. The molecule has 0 radical (unpaired) electrons. The summed E-state index contributed by atoms with van der Waals surface area (Å²) in [6.07, 6.45) is 1.75. The number of hydrogen-bond acceptors (Lipinski definition) is 6. The number of rotatable bonds is 10. The van der Waals surface area contributed by atoms with Crippen molar-refractivity contribution in [1.82, 2.24) is 10.2 Å². The number of fused-ring (bicyclic) bond motifs is 1. The minimum atomic E-state index is -3.86. The molecule has 0 fully saturated rings. The van der Waals surface area contributed by atoms with Crippen LogP contribution in [-0.2, 0) is 26.2 Å². The van der Waals surface area contributed by atoms with E-state index in [1.54, 1.807) is 43.3 Å². The van der Waals surface area contributed by atoms with Crippen LogP contribution in [0, 0.1) is 0 Å². The summed E-state index contributed by atoms with van der Waals surface area (Å²) >= 11 is 6.34. The van der Waals surface area contributed by atoms with Gasteiger partial charge in [0.1, 0.15) is 25.8 Å². The molecule has 2 amide bonds. The van der Waals surface area contributed by atoms with Gasteiger partial charge < -0.3 is 19.7 Å². The first-order valence-electron chi connectivity index (χ1n) is 11.7. The molecule has 0 aromatic heterocycles.